The topological polar surface area (TPSA) is 84.4 Å². The van der Waals surface area contributed by atoms with E-state index in [9.17, 15) is 4.39 Å². The number of imidazole rings is 1. The lowest BCUT2D eigenvalue weighted by Gasteiger charge is -2.47. The van der Waals surface area contributed by atoms with Crippen molar-refractivity contribution in [2.45, 2.75) is 69.0 Å². The van der Waals surface area contributed by atoms with Crippen molar-refractivity contribution in [3.05, 3.63) is 24.0 Å². The van der Waals surface area contributed by atoms with E-state index in [1.54, 1.807) is 17.1 Å². The zero-order chi connectivity index (χ0) is 18.0. The van der Waals surface area contributed by atoms with Gasteiger partial charge in [0.1, 0.15) is 18.3 Å². The number of aromatic nitrogens is 4. The van der Waals surface area contributed by atoms with Crippen molar-refractivity contribution in [3.63, 3.8) is 0 Å². The highest BCUT2D eigenvalue weighted by atomic mass is 19.1. The van der Waals surface area contributed by atoms with E-state index in [1.807, 2.05) is 4.90 Å². The van der Waals surface area contributed by atoms with Gasteiger partial charge in [-0.1, -0.05) is 24.4 Å². The zero-order valence-corrected chi connectivity index (χ0v) is 15.0. The highest BCUT2D eigenvalue weighted by Gasteiger charge is 2.50. The van der Waals surface area contributed by atoms with E-state index in [4.69, 9.17) is 9.51 Å². The fourth-order valence-electron chi connectivity index (χ4n) is 5.58. The number of rotatable bonds is 2. The summed E-state index contributed by atoms with van der Waals surface area (Å²) in [6, 6.07) is 0.0186. The van der Waals surface area contributed by atoms with Gasteiger partial charge in [0.2, 0.25) is 5.89 Å². The molecule has 1 N–H and O–H groups in total. The Labute approximate surface area is 155 Å². The molecule has 27 heavy (non-hydrogen) atoms. The van der Waals surface area contributed by atoms with Crippen LogP contribution in [0.2, 0.25) is 0 Å². The SMILES string of the molecule is Fc1ncc2n1C1CCCC(c3noc(C4CCCC4)n3)C1C1NN=CN21. The minimum Gasteiger partial charge on any atom is -0.339 e. The van der Waals surface area contributed by atoms with Gasteiger partial charge in [0, 0.05) is 23.8 Å². The average Bonchev–Trinajstić information content (AvgIpc) is 3.45. The largest absolute Gasteiger partial charge is 0.339 e. The van der Waals surface area contributed by atoms with Crippen LogP contribution in [0.3, 0.4) is 0 Å². The number of hydrogen-bond donors (Lipinski definition) is 1. The molecule has 2 aliphatic carbocycles. The predicted molar refractivity (Wildman–Crippen MR) is 94.7 cm³/mol. The van der Waals surface area contributed by atoms with Crippen molar-refractivity contribution in [2.75, 3.05) is 4.90 Å². The molecule has 0 amide bonds. The van der Waals surface area contributed by atoms with Gasteiger partial charge in [-0.3, -0.25) is 14.9 Å². The van der Waals surface area contributed by atoms with E-state index in [-0.39, 0.29) is 24.0 Å². The average molecular weight is 371 g/mol. The first-order valence-corrected chi connectivity index (χ1v) is 9.94. The third-order valence-corrected chi connectivity index (χ3v) is 6.80. The predicted octanol–water partition coefficient (Wildman–Crippen LogP) is 2.88. The van der Waals surface area contributed by atoms with Crippen molar-refractivity contribution in [1.82, 2.24) is 25.1 Å². The summed E-state index contributed by atoms with van der Waals surface area (Å²) in [4.78, 5) is 10.7. The summed E-state index contributed by atoms with van der Waals surface area (Å²) in [7, 11) is 0. The van der Waals surface area contributed by atoms with Crippen molar-refractivity contribution in [3.8, 4) is 0 Å². The maximum Gasteiger partial charge on any atom is 0.291 e. The van der Waals surface area contributed by atoms with Crippen LogP contribution in [0.25, 0.3) is 0 Å². The van der Waals surface area contributed by atoms with Gasteiger partial charge >= 0.3 is 0 Å². The molecule has 0 spiro atoms. The molecule has 4 atom stereocenters. The first-order chi connectivity index (χ1) is 13.3. The Kier molecular flexibility index (Phi) is 3.33. The highest BCUT2D eigenvalue weighted by molar-refractivity contribution is 5.80. The fraction of sp³-hybridized carbons (Fsp3) is 0.667. The van der Waals surface area contributed by atoms with Crippen LogP contribution in [0.5, 0.6) is 0 Å². The molecular formula is C18H22FN7O. The molecule has 2 saturated carbocycles. The van der Waals surface area contributed by atoms with Crippen LogP contribution in [0.15, 0.2) is 15.8 Å². The molecule has 8 nitrogen and oxygen atoms in total. The summed E-state index contributed by atoms with van der Waals surface area (Å²) >= 11 is 0. The van der Waals surface area contributed by atoms with Crippen molar-refractivity contribution in [2.24, 2.45) is 11.0 Å². The number of nitrogens with one attached hydrogen (secondary N) is 1. The second-order valence-electron chi connectivity index (χ2n) is 8.14. The summed E-state index contributed by atoms with van der Waals surface area (Å²) in [6.45, 7) is 0. The van der Waals surface area contributed by atoms with Gasteiger partial charge in [-0.2, -0.15) is 14.5 Å². The number of nitrogens with zero attached hydrogens (tertiary/aromatic N) is 6. The Hall–Kier alpha value is -2.45. The van der Waals surface area contributed by atoms with Crippen molar-refractivity contribution < 1.29 is 8.91 Å². The third-order valence-electron chi connectivity index (χ3n) is 6.80. The van der Waals surface area contributed by atoms with Crippen LogP contribution in [0.4, 0.5) is 10.2 Å². The number of fused-ring (bicyclic) bond motifs is 6. The number of halogens is 1. The van der Waals surface area contributed by atoms with Crippen LogP contribution in [0, 0.1) is 12.0 Å². The first kappa shape index (κ1) is 15.6. The molecule has 0 saturated heterocycles. The minimum absolute atomic E-state index is 0.0186. The Bertz CT molecular complexity index is 886. The number of anilines is 1. The molecule has 0 bridgehead atoms. The molecule has 0 aromatic carbocycles. The molecule has 2 aliphatic heterocycles. The quantitative estimate of drug-likeness (QED) is 0.874. The maximum atomic E-state index is 14.5. The van der Waals surface area contributed by atoms with E-state index < -0.39 is 6.08 Å². The lowest BCUT2D eigenvalue weighted by atomic mass is 9.72. The van der Waals surface area contributed by atoms with Gasteiger partial charge in [0.05, 0.1) is 6.20 Å². The van der Waals surface area contributed by atoms with Crippen LogP contribution >= 0.6 is 0 Å². The molecule has 2 aromatic heterocycles. The van der Waals surface area contributed by atoms with Gasteiger partial charge in [-0.25, -0.2) is 4.98 Å². The van der Waals surface area contributed by atoms with E-state index in [2.05, 4.69) is 20.7 Å². The van der Waals surface area contributed by atoms with Crippen molar-refractivity contribution in [1.29, 1.82) is 0 Å². The van der Waals surface area contributed by atoms with E-state index >= 15 is 0 Å². The maximum absolute atomic E-state index is 14.5. The van der Waals surface area contributed by atoms with E-state index in [0.717, 1.165) is 49.6 Å². The molecule has 6 rings (SSSR count). The normalized spacial score (nSPS) is 32.3. The summed E-state index contributed by atoms with van der Waals surface area (Å²) in [5, 5.41) is 8.61. The molecule has 142 valence electrons. The molecule has 9 heteroatoms. The fourth-order valence-corrected chi connectivity index (χ4v) is 5.58. The zero-order valence-electron chi connectivity index (χ0n) is 15.0. The number of hydrogen-bond acceptors (Lipinski definition) is 7. The molecule has 0 radical (unpaired) electrons. The molecule has 4 aliphatic rings. The summed E-state index contributed by atoms with van der Waals surface area (Å²) in [5.74, 6) is 2.92. The summed E-state index contributed by atoms with van der Waals surface area (Å²) < 4.78 is 21.9. The van der Waals surface area contributed by atoms with Gasteiger partial charge < -0.3 is 4.52 Å². The van der Waals surface area contributed by atoms with E-state index in [1.165, 1.54) is 12.8 Å². The van der Waals surface area contributed by atoms with Gasteiger partial charge in [0.15, 0.2) is 5.82 Å². The monoisotopic (exact) mass is 371 g/mol. The highest BCUT2D eigenvalue weighted by Crippen LogP contribution is 2.50. The Morgan fingerprint density at radius 3 is 2.93 bits per heavy atom. The van der Waals surface area contributed by atoms with Crippen LogP contribution in [0.1, 0.15) is 74.5 Å². The smallest absolute Gasteiger partial charge is 0.291 e. The van der Waals surface area contributed by atoms with Crippen LogP contribution in [-0.4, -0.2) is 32.2 Å². The molecule has 2 aromatic rings. The Morgan fingerprint density at radius 2 is 2.04 bits per heavy atom. The van der Waals surface area contributed by atoms with E-state index in [0.29, 0.717) is 5.92 Å². The first-order valence-electron chi connectivity index (χ1n) is 9.94. The Morgan fingerprint density at radius 1 is 1.15 bits per heavy atom. The molecule has 4 unspecified atom stereocenters. The Balaban J connectivity index is 1.39. The summed E-state index contributed by atoms with van der Waals surface area (Å²) in [6.07, 6.45) is 10.5. The summed E-state index contributed by atoms with van der Waals surface area (Å²) in [5.41, 5.74) is 3.22. The van der Waals surface area contributed by atoms with Crippen LogP contribution < -0.4 is 10.3 Å². The van der Waals surface area contributed by atoms with Gasteiger partial charge in [0.25, 0.3) is 6.08 Å². The standard InChI is InChI=1S/C18H22FN7O/c19-18-20-8-13-25-9-21-23-16(25)14-11(6-3-7-12(14)26(13)18)15-22-17(27-24-15)10-4-1-2-5-10/h8-12,14,16,23H,1-7H2. The lowest BCUT2D eigenvalue weighted by Crippen LogP contribution is -2.54. The van der Waals surface area contributed by atoms with Crippen LogP contribution in [-0.2, 0) is 0 Å². The third kappa shape index (κ3) is 2.20. The second kappa shape index (κ2) is 5.77. The van der Waals surface area contributed by atoms with Crippen molar-refractivity contribution >= 4 is 12.2 Å². The lowest BCUT2D eigenvalue weighted by molar-refractivity contribution is 0.131. The van der Waals surface area contributed by atoms with Gasteiger partial charge in [-0.15, -0.1) is 0 Å². The molecular weight excluding hydrogens is 349 g/mol. The molecule has 4 heterocycles. The number of hydrazone groups is 1. The second-order valence-corrected chi connectivity index (χ2v) is 8.14. The van der Waals surface area contributed by atoms with Gasteiger partial charge in [-0.05, 0) is 25.7 Å². The molecule has 2 fully saturated rings. The minimum atomic E-state index is -0.431.